The van der Waals surface area contributed by atoms with E-state index in [1.807, 2.05) is 60.7 Å². The van der Waals surface area contributed by atoms with Gasteiger partial charge in [-0.15, -0.1) is 0 Å². The standard InChI is InChI=1S/C19H21OP/c1-16-10-8-9-15-19(16)21(20,17-11-4-2-5-12-17)18-13-6-3-7-14-18/h2-7,11-16H,8-10H2,1H3. The SMILES string of the molecule is CC1CCCC=C1P(=O)(c1ccccc1)c1ccccc1. The largest absolute Gasteiger partial charge is 0.309 e. The Morgan fingerprint density at radius 2 is 1.43 bits per heavy atom. The molecule has 0 heterocycles. The van der Waals surface area contributed by atoms with Crippen LogP contribution in [-0.2, 0) is 4.57 Å². The highest BCUT2D eigenvalue weighted by molar-refractivity contribution is 7.82. The fraction of sp³-hybridized carbons (Fsp3) is 0.263. The van der Waals surface area contributed by atoms with Gasteiger partial charge in [-0.1, -0.05) is 73.7 Å². The lowest BCUT2D eigenvalue weighted by atomic mass is 9.98. The topological polar surface area (TPSA) is 17.1 Å². The minimum absolute atomic E-state index is 0.394. The molecule has 0 saturated heterocycles. The molecule has 108 valence electrons. The molecule has 1 aliphatic carbocycles. The summed E-state index contributed by atoms with van der Waals surface area (Å²) in [5.74, 6) is 0.394. The van der Waals surface area contributed by atoms with E-state index in [0.717, 1.165) is 28.8 Å². The van der Waals surface area contributed by atoms with Gasteiger partial charge in [-0.05, 0) is 30.5 Å². The number of hydrogen-bond acceptors (Lipinski definition) is 1. The first-order chi connectivity index (χ1) is 10.2. The lowest BCUT2D eigenvalue weighted by Crippen LogP contribution is -2.21. The molecule has 1 atom stereocenters. The van der Waals surface area contributed by atoms with Crippen LogP contribution in [0.1, 0.15) is 26.2 Å². The van der Waals surface area contributed by atoms with Crippen LogP contribution in [0.2, 0.25) is 0 Å². The maximum atomic E-state index is 14.1. The van der Waals surface area contributed by atoms with Crippen molar-refractivity contribution in [1.29, 1.82) is 0 Å². The Morgan fingerprint density at radius 3 is 1.90 bits per heavy atom. The Kier molecular flexibility index (Phi) is 4.12. The Balaban J connectivity index is 2.21. The van der Waals surface area contributed by atoms with Crippen molar-refractivity contribution in [3.05, 3.63) is 72.1 Å². The van der Waals surface area contributed by atoms with Crippen LogP contribution in [0.5, 0.6) is 0 Å². The minimum Gasteiger partial charge on any atom is -0.309 e. The summed E-state index contributed by atoms with van der Waals surface area (Å²) in [7, 11) is -2.69. The maximum absolute atomic E-state index is 14.1. The predicted molar refractivity (Wildman–Crippen MR) is 90.9 cm³/mol. The molecule has 1 nitrogen and oxygen atoms in total. The van der Waals surface area contributed by atoms with Crippen molar-refractivity contribution in [3.8, 4) is 0 Å². The molecule has 0 bridgehead atoms. The van der Waals surface area contributed by atoms with Gasteiger partial charge in [0, 0.05) is 10.6 Å². The summed E-state index contributed by atoms with van der Waals surface area (Å²) in [6.07, 6.45) is 5.61. The molecule has 2 heteroatoms. The third-order valence-corrected chi connectivity index (χ3v) is 7.70. The first-order valence-electron chi connectivity index (χ1n) is 7.65. The van der Waals surface area contributed by atoms with Crippen LogP contribution >= 0.6 is 7.14 Å². The first kappa shape index (κ1) is 14.4. The average molecular weight is 296 g/mol. The molecule has 0 saturated carbocycles. The fourth-order valence-corrected chi connectivity index (χ4v) is 6.40. The van der Waals surface area contributed by atoms with Crippen molar-refractivity contribution >= 4 is 17.8 Å². The number of allylic oxidation sites excluding steroid dienone is 2. The summed E-state index contributed by atoms with van der Waals surface area (Å²) >= 11 is 0. The van der Waals surface area contributed by atoms with Gasteiger partial charge in [0.25, 0.3) is 0 Å². The molecular formula is C19H21OP. The number of hydrogen-bond donors (Lipinski definition) is 0. The van der Waals surface area contributed by atoms with E-state index in [1.54, 1.807) is 0 Å². The van der Waals surface area contributed by atoms with Crippen molar-refractivity contribution in [1.82, 2.24) is 0 Å². The summed E-state index contributed by atoms with van der Waals surface area (Å²) < 4.78 is 14.1. The second-order valence-electron chi connectivity index (χ2n) is 5.74. The Bertz CT molecular complexity index is 630. The number of benzene rings is 2. The molecule has 21 heavy (non-hydrogen) atoms. The highest BCUT2D eigenvalue weighted by Crippen LogP contribution is 2.56. The average Bonchev–Trinajstić information content (AvgIpc) is 2.56. The minimum atomic E-state index is -2.69. The molecule has 3 rings (SSSR count). The van der Waals surface area contributed by atoms with E-state index in [1.165, 1.54) is 6.42 Å². The predicted octanol–water partition coefficient (Wildman–Crippen LogP) is 4.70. The van der Waals surface area contributed by atoms with Gasteiger partial charge >= 0.3 is 0 Å². The summed E-state index contributed by atoms with van der Waals surface area (Å²) in [6, 6.07) is 19.9. The molecular weight excluding hydrogens is 275 g/mol. The van der Waals surface area contributed by atoms with E-state index >= 15 is 0 Å². The molecule has 1 unspecified atom stereocenters. The van der Waals surface area contributed by atoms with Gasteiger partial charge < -0.3 is 4.57 Å². The molecule has 2 aromatic rings. The second kappa shape index (κ2) is 6.03. The van der Waals surface area contributed by atoms with Crippen molar-refractivity contribution in [3.63, 3.8) is 0 Å². The highest BCUT2D eigenvalue weighted by Gasteiger charge is 2.35. The third-order valence-electron chi connectivity index (χ3n) is 4.30. The fourth-order valence-electron chi connectivity index (χ4n) is 3.19. The summed E-state index contributed by atoms with van der Waals surface area (Å²) in [4.78, 5) is 0. The molecule has 1 aliphatic rings. The first-order valence-corrected chi connectivity index (χ1v) is 9.35. The van der Waals surface area contributed by atoms with Crippen LogP contribution in [0, 0.1) is 5.92 Å². The molecule has 0 aromatic heterocycles. The monoisotopic (exact) mass is 296 g/mol. The van der Waals surface area contributed by atoms with Crippen LogP contribution < -0.4 is 10.6 Å². The van der Waals surface area contributed by atoms with E-state index in [4.69, 9.17) is 0 Å². The molecule has 0 spiro atoms. The summed E-state index contributed by atoms with van der Waals surface area (Å²) in [5, 5.41) is 3.05. The molecule has 0 amide bonds. The van der Waals surface area contributed by atoms with Crippen LogP contribution in [0.4, 0.5) is 0 Å². The van der Waals surface area contributed by atoms with Crippen molar-refractivity contribution in [2.24, 2.45) is 5.92 Å². The maximum Gasteiger partial charge on any atom is 0.167 e. The van der Waals surface area contributed by atoms with Gasteiger partial charge in [-0.2, -0.15) is 0 Å². The molecule has 0 N–H and O–H groups in total. The van der Waals surface area contributed by atoms with Crippen LogP contribution in [-0.4, -0.2) is 0 Å². The zero-order valence-corrected chi connectivity index (χ0v) is 13.3. The summed E-state index contributed by atoms with van der Waals surface area (Å²) in [5.41, 5.74) is 0. The lowest BCUT2D eigenvalue weighted by Gasteiger charge is -2.29. The van der Waals surface area contributed by atoms with Gasteiger partial charge in [0.05, 0.1) is 0 Å². The zero-order valence-electron chi connectivity index (χ0n) is 12.4. The van der Waals surface area contributed by atoms with E-state index in [2.05, 4.69) is 13.0 Å². The van der Waals surface area contributed by atoms with Gasteiger partial charge in [0.2, 0.25) is 0 Å². The summed E-state index contributed by atoms with van der Waals surface area (Å²) in [6.45, 7) is 2.21. The molecule has 0 fully saturated rings. The van der Waals surface area contributed by atoms with Crippen molar-refractivity contribution < 1.29 is 4.57 Å². The van der Waals surface area contributed by atoms with Gasteiger partial charge in [-0.3, -0.25) is 0 Å². The van der Waals surface area contributed by atoms with Crippen LogP contribution in [0.25, 0.3) is 0 Å². The van der Waals surface area contributed by atoms with Gasteiger partial charge in [0.1, 0.15) is 0 Å². The van der Waals surface area contributed by atoms with Gasteiger partial charge in [-0.25, -0.2) is 0 Å². The normalized spacial score (nSPS) is 19.1. The van der Waals surface area contributed by atoms with E-state index < -0.39 is 7.14 Å². The highest BCUT2D eigenvalue weighted by atomic mass is 31.2. The van der Waals surface area contributed by atoms with Crippen LogP contribution in [0.3, 0.4) is 0 Å². The van der Waals surface area contributed by atoms with Crippen molar-refractivity contribution in [2.45, 2.75) is 26.2 Å². The molecule has 0 radical (unpaired) electrons. The second-order valence-corrected chi connectivity index (χ2v) is 8.51. The van der Waals surface area contributed by atoms with Crippen molar-refractivity contribution in [2.75, 3.05) is 0 Å². The molecule has 0 aliphatic heterocycles. The molecule has 2 aromatic carbocycles. The number of rotatable bonds is 3. The van der Waals surface area contributed by atoms with Gasteiger partial charge in [0.15, 0.2) is 7.14 Å². The zero-order chi connectivity index (χ0) is 14.7. The quantitative estimate of drug-likeness (QED) is 0.750. The Morgan fingerprint density at radius 1 is 0.905 bits per heavy atom. The Hall–Kier alpha value is -1.59. The Labute approximate surface area is 127 Å². The van der Waals surface area contributed by atoms with E-state index in [-0.39, 0.29) is 0 Å². The van der Waals surface area contributed by atoms with Crippen LogP contribution in [0.15, 0.2) is 72.1 Å². The lowest BCUT2D eigenvalue weighted by molar-refractivity contribution is 0.553. The van der Waals surface area contributed by atoms with E-state index in [0.29, 0.717) is 5.92 Å². The smallest absolute Gasteiger partial charge is 0.167 e. The third kappa shape index (κ3) is 2.63. The van der Waals surface area contributed by atoms with E-state index in [9.17, 15) is 4.57 Å².